The molecular weight excluding hydrogens is 491 g/mol. The van der Waals surface area contributed by atoms with Crippen molar-refractivity contribution < 1.29 is 32.7 Å². The lowest BCUT2D eigenvalue weighted by Gasteiger charge is -2.42. The molecule has 188 valence electrons. The monoisotopic (exact) mass is 509 g/mol. The molecule has 1 atom stereocenters. The summed E-state index contributed by atoms with van der Waals surface area (Å²) in [4.78, 5) is 44.7. The Morgan fingerprint density at radius 2 is 1.86 bits per heavy atom. The number of carbonyl (C=O) groups is 3. The zero-order valence-electron chi connectivity index (χ0n) is 19.2. The molecule has 1 aliphatic heterocycles. The van der Waals surface area contributed by atoms with Crippen LogP contribution in [0.5, 0.6) is 0 Å². The second-order valence-corrected chi connectivity index (χ2v) is 8.10. The van der Waals surface area contributed by atoms with Gasteiger partial charge in [-0.1, -0.05) is 18.2 Å². The smallest absolute Gasteiger partial charge is 0.416 e. The number of anilines is 1. The number of alkyl halides is 3. The average Bonchev–Trinajstić information content (AvgIpc) is 3.40. The lowest BCUT2D eigenvalue weighted by atomic mass is 9.91. The van der Waals surface area contributed by atoms with E-state index in [1.54, 1.807) is 0 Å². The molecule has 0 saturated heterocycles. The van der Waals surface area contributed by atoms with Gasteiger partial charge in [0.2, 0.25) is 0 Å². The number of carboxylic acids is 1. The Hall–Kier alpha value is -4.92. The molecule has 2 heterocycles. The topological polar surface area (TPSA) is 120 Å². The van der Waals surface area contributed by atoms with Crippen molar-refractivity contribution >= 4 is 23.6 Å². The van der Waals surface area contributed by atoms with Gasteiger partial charge in [-0.2, -0.15) is 18.4 Å². The summed E-state index contributed by atoms with van der Waals surface area (Å²) in [6.07, 6.45) is -0.790. The summed E-state index contributed by atoms with van der Waals surface area (Å²) in [7, 11) is 0. The molecule has 1 N–H and O–H groups in total. The van der Waals surface area contributed by atoms with Crippen LogP contribution in [0, 0.1) is 11.3 Å². The minimum absolute atomic E-state index is 0.0130. The third-order valence-electron chi connectivity index (χ3n) is 5.81. The van der Waals surface area contributed by atoms with Crippen LogP contribution in [-0.4, -0.2) is 44.0 Å². The van der Waals surface area contributed by atoms with Gasteiger partial charge in [-0.05, 0) is 42.8 Å². The highest BCUT2D eigenvalue weighted by Crippen LogP contribution is 2.41. The first-order valence-corrected chi connectivity index (χ1v) is 10.8. The van der Waals surface area contributed by atoms with E-state index in [2.05, 4.69) is 4.98 Å². The average molecular weight is 509 g/mol. The molecule has 3 aromatic rings. The summed E-state index contributed by atoms with van der Waals surface area (Å²) in [6, 6.07) is 9.64. The van der Waals surface area contributed by atoms with Gasteiger partial charge in [-0.25, -0.2) is 9.78 Å². The van der Waals surface area contributed by atoms with E-state index in [4.69, 9.17) is 5.26 Å². The third kappa shape index (κ3) is 4.79. The second kappa shape index (κ2) is 9.62. The predicted molar refractivity (Wildman–Crippen MR) is 123 cm³/mol. The van der Waals surface area contributed by atoms with Crippen LogP contribution in [0.3, 0.4) is 0 Å². The third-order valence-corrected chi connectivity index (χ3v) is 5.81. The number of carboxylic acid groups (broad SMARTS) is 1. The van der Waals surface area contributed by atoms with Crippen molar-refractivity contribution in [2.45, 2.75) is 19.1 Å². The molecule has 1 aromatic heterocycles. The number of aromatic nitrogens is 2. The fourth-order valence-electron chi connectivity index (χ4n) is 4.16. The van der Waals surface area contributed by atoms with Crippen molar-refractivity contribution in [1.29, 1.82) is 5.26 Å². The Morgan fingerprint density at radius 3 is 2.43 bits per heavy atom. The van der Waals surface area contributed by atoms with E-state index in [1.165, 1.54) is 56.0 Å². The maximum Gasteiger partial charge on any atom is 0.416 e. The Morgan fingerprint density at radius 1 is 1.16 bits per heavy atom. The maximum atomic E-state index is 13.7. The molecule has 12 heteroatoms. The van der Waals surface area contributed by atoms with Gasteiger partial charge >= 0.3 is 18.2 Å². The molecule has 1 unspecified atom stereocenters. The first kappa shape index (κ1) is 25.2. The summed E-state index contributed by atoms with van der Waals surface area (Å²) in [5.74, 6) is -2.06. The fourth-order valence-corrected chi connectivity index (χ4v) is 4.16. The lowest BCUT2D eigenvalue weighted by Crippen LogP contribution is -2.52. The van der Waals surface area contributed by atoms with E-state index in [9.17, 15) is 32.7 Å². The summed E-state index contributed by atoms with van der Waals surface area (Å²) in [6.45, 7) is 0.546. The van der Waals surface area contributed by atoms with Crippen molar-refractivity contribution in [3.8, 4) is 6.07 Å². The van der Waals surface area contributed by atoms with Crippen molar-refractivity contribution in [1.82, 2.24) is 14.5 Å². The minimum atomic E-state index is -4.70. The van der Waals surface area contributed by atoms with Crippen molar-refractivity contribution in [3.05, 3.63) is 95.2 Å². The number of imidazole rings is 1. The first-order chi connectivity index (χ1) is 17.5. The molecule has 2 amide bonds. The van der Waals surface area contributed by atoms with E-state index < -0.39 is 42.2 Å². The molecule has 0 spiro atoms. The molecule has 37 heavy (non-hydrogen) atoms. The van der Waals surface area contributed by atoms with Crippen molar-refractivity contribution in [2.24, 2.45) is 0 Å². The van der Waals surface area contributed by atoms with Gasteiger partial charge in [0.25, 0.3) is 5.91 Å². The Labute approximate surface area is 208 Å². The van der Waals surface area contributed by atoms with Crippen LogP contribution in [0.2, 0.25) is 0 Å². The first-order valence-electron chi connectivity index (χ1n) is 10.8. The number of allylic oxidation sites excluding steroid dienone is 1. The molecule has 0 bridgehead atoms. The summed E-state index contributed by atoms with van der Waals surface area (Å²) >= 11 is 0. The number of hydrogen-bond donors (Lipinski definition) is 1. The number of urea groups is 1. The number of halogens is 3. The predicted octanol–water partition coefficient (Wildman–Crippen LogP) is 4.46. The van der Waals surface area contributed by atoms with Crippen LogP contribution in [0.25, 0.3) is 0 Å². The number of benzene rings is 2. The van der Waals surface area contributed by atoms with E-state index in [1.807, 2.05) is 6.07 Å². The van der Waals surface area contributed by atoms with Crippen molar-refractivity contribution in [2.75, 3.05) is 11.4 Å². The quantitative estimate of drug-likeness (QED) is 0.543. The lowest BCUT2D eigenvalue weighted by molar-refractivity contribution is -0.138. The highest BCUT2D eigenvalue weighted by molar-refractivity contribution is 6.06. The molecule has 0 fully saturated rings. The van der Waals surface area contributed by atoms with Gasteiger partial charge in [-0.3, -0.25) is 19.1 Å². The zero-order chi connectivity index (χ0) is 26.9. The number of hydrogen-bond acceptors (Lipinski definition) is 5. The van der Waals surface area contributed by atoms with E-state index >= 15 is 0 Å². The Kier molecular flexibility index (Phi) is 6.54. The molecule has 0 radical (unpaired) electrons. The Bertz CT molecular complexity index is 1440. The number of amides is 2. The number of rotatable bonds is 5. The van der Waals surface area contributed by atoms with Crippen LogP contribution < -0.4 is 4.90 Å². The Balaban J connectivity index is 1.98. The van der Waals surface area contributed by atoms with E-state index in [0.29, 0.717) is 11.1 Å². The van der Waals surface area contributed by atoms with Gasteiger partial charge in [0.1, 0.15) is 12.9 Å². The summed E-state index contributed by atoms with van der Waals surface area (Å²) < 4.78 is 41.4. The fraction of sp³-hybridized carbons (Fsp3) is 0.160. The molecule has 2 aromatic carbocycles. The summed E-state index contributed by atoms with van der Waals surface area (Å²) in [5.41, 5.74) is -0.626. The largest absolute Gasteiger partial charge is 0.480 e. The minimum Gasteiger partial charge on any atom is -0.480 e. The highest BCUT2D eigenvalue weighted by atomic mass is 19.4. The SMILES string of the molecule is CC1=C(C(=O)n2ccnc2)C(c2ccc(C#N)cc2)N(CC(=O)O)C(=O)N1c1cccc(C(F)(F)F)c1. The molecule has 1 aliphatic rings. The standard InChI is InChI=1S/C25H18F3N5O4/c1-15-21(23(36)31-10-9-30-14-31)22(17-7-5-16(12-29)6-8-17)32(13-20(34)35)24(37)33(15)19-4-2-3-18(11-19)25(26,27)28/h2-11,14,22H,13H2,1H3,(H,34,35). The van der Waals surface area contributed by atoms with E-state index in [-0.39, 0.29) is 17.0 Å². The number of nitriles is 1. The molecule has 0 saturated carbocycles. The van der Waals surface area contributed by atoms with Crippen LogP contribution in [0.1, 0.15) is 34.5 Å². The van der Waals surface area contributed by atoms with Crippen molar-refractivity contribution in [3.63, 3.8) is 0 Å². The number of carbonyl (C=O) groups excluding carboxylic acids is 2. The van der Waals surface area contributed by atoms with Crippen LogP contribution in [0.15, 0.2) is 78.5 Å². The number of nitrogens with zero attached hydrogens (tertiary/aromatic N) is 5. The highest BCUT2D eigenvalue weighted by Gasteiger charge is 2.44. The second-order valence-electron chi connectivity index (χ2n) is 8.10. The molecule has 0 aliphatic carbocycles. The molecule has 9 nitrogen and oxygen atoms in total. The van der Waals surface area contributed by atoms with Crippen LogP contribution in [0.4, 0.5) is 23.7 Å². The van der Waals surface area contributed by atoms with Crippen LogP contribution >= 0.6 is 0 Å². The van der Waals surface area contributed by atoms with Gasteiger partial charge in [-0.15, -0.1) is 0 Å². The maximum absolute atomic E-state index is 13.7. The summed E-state index contributed by atoms with van der Waals surface area (Å²) in [5, 5.41) is 18.7. The van der Waals surface area contributed by atoms with E-state index in [0.717, 1.165) is 32.6 Å². The van der Waals surface area contributed by atoms with Gasteiger partial charge in [0.15, 0.2) is 0 Å². The zero-order valence-corrected chi connectivity index (χ0v) is 19.2. The van der Waals surface area contributed by atoms with Gasteiger partial charge in [0, 0.05) is 18.1 Å². The molecular formula is C25H18F3N5O4. The van der Waals surface area contributed by atoms with Crippen LogP contribution in [-0.2, 0) is 11.0 Å². The van der Waals surface area contributed by atoms with Gasteiger partial charge < -0.3 is 10.0 Å². The van der Waals surface area contributed by atoms with Gasteiger partial charge in [0.05, 0.1) is 34.5 Å². The normalized spacial score (nSPS) is 16.1. The molecule has 4 rings (SSSR count). The number of aliphatic carboxylic acids is 1.